The van der Waals surface area contributed by atoms with Gasteiger partial charge >= 0.3 is 5.97 Å². The number of carbonyl (C=O) groups is 5. The number of likely N-dealkylation sites (N-methyl/N-ethyl adjacent to an activating group) is 1. The number of esters is 1. The highest BCUT2D eigenvalue weighted by Gasteiger charge is 2.53. The fraction of sp³-hybridized carbons (Fsp3) is 0.783. The number of ketones is 3. The van der Waals surface area contributed by atoms with E-state index in [1.165, 1.54) is 12.0 Å². The van der Waals surface area contributed by atoms with Crippen LogP contribution in [0.3, 0.4) is 0 Å². The summed E-state index contributed by atoms with van der Waals surface area (Å²) in [6, 6.07) is -1.14. The van der Waals surface area contributed by atoms with Crippen LogP contribution in [0.15, 0.2) is 47.6 Å². The van der Waals surface area contributed by atoms with E-state index < -0.39 is 77.8 Å². The number of fused-ring (bicyclic) bond motifs is 3. The zero-order chi connectivity index (χ0) is 56.4. The highest BCUT2D eigenvalue weighted by atomic mass is 16.6. The van der Waals surface area contributed by atoms with Crippen LogP contribution in [-0.4, -0.2) is 196 Å². The Hall–Kier alpha value is -3.49. The van der Waals surface area contributed by atoms with Gasteiger partial charge in [-0.05, 0) is 114 Å². The normalized spacial score (nSPS) is 36.6. The highest BCUT2D eigenvalue weighted by molar-refractivity contribution is 6.39. The molecule has 77 heavy (non-hydrogen) atoms. The number of rotatable bonds is 13. The molecule has 4 fully saturated rings. The van der Waals surface area contributed by atoms with E-state index in [0.717, 1.165) is 57.6 Å². The summed E-state index contributed by atoms with van der Waals surface area (Å²) in [5.41, 5.74) is 1.26. The number of amides is 1. The lowest BCUT2D eigenvalue weighted by Crippen LogP contribution is -2.61. The largest absolute Gasteiger partial charge is 0.460 e. The molecule has 1 saturated carbocycles. The van der Waals surface area contributed by atoms with Crippen molar-refractivity contribution in [2.75, 3.05) is 87.5 Å². The van der Waals surface area contributed by atoms with Crippen molar-refractivity contribution in [3.05, 3.63) is 47.6 Å². The molecule has 0 radical (unpaired) electrons. The van der Waals surface area contributed by atoms with Crippen LogP contribution in [-0.2, 0) is 57.1 Å². The Kier molecular flexibility index (Phi) is 26.3. The SMILES string of the molecule is COCCOC1C[C@@H]2CC[C@@H](C)[C@@](O)(O2)C(=O)C(=O)N2CCCCC2C(=O)O[C@H]([C@H](C)C[C@@H]2CC[C@@H](OCCN3CCN(C)CC3)[C@H](OC)C2)CC(=O)[C@H](C)/C=C(\C)[C@@H](O)[C@@H](OC)C(=O)[C@H](C)C[C@H](C)/C=C/C=CC=C1C. The number of ether oxygens (including phenoxy) is 7. The number of hydrogen-bond donors (Lipinski definition) is 2. The lowest BCUT2D eigenvalue weighted by molar-refractivity contribution is -0.266. The van der Waals surface area contributed by atoms with Crippen LogP contribution in [0.4, 0.5) is 0 Å². The summed E-state index contributed by atoms with van der Waals surface area (Å²) in [4.78, 5) is 77.9. The van der Waals surface area contributed by atoms with Gasteiger partial charge in [-0.1, -0.05) is 71.1 Å². The maximum atomic E-state index is 14.7. The van der Waals surface area contributed by atoms with Crippen molar-refractivity contribution in [1.82, 2.24) is 14.7 Å². The molecule has 0 aromatic heterocycles. The summed E-state index contributed by atoms with van der Waals surface area (Å²) in [6.07, 6.45) is 12.4. The number of allylic oxidation sites excluding steroid dienone is 6. The minimum absolute atomic E-state index is 0.00543. The number of methoxy groups -OCH3 is 3. The molecular formula is C60H97N3O14. The first-order valence-corrected chi connectivity index (χ1v) is 28.8. The van der Waals surface area contributed by atoms with Gasteiger partial charge in [0.2, 0.25) is 5.79 Å². The van der Waals surface area contributed by atoms with Gasteiger partial charge in [-0.3, -0.25) is 24.1 Å². The van der Waals surface area contributed by atoms with Gasteiger partial charge in [-0.15, -0.1) is 0 Å². The number of piperazine rings is 1. The maximum Gasteiger partial charge on any atom is 0.329 e. The Morgan fingerprint density at radius 1 is 0.792 bits per heavy atom. The Balaban J connectivity index is 1.42. The van der Waals surface area contributed by atoms with Gasteiger partial charge in [0.05, 0.1) is 44.2 Å². The molecule has 436 valence electrons. The fourth-order valence-electron chi connectivity index (χ4n) is 11.9. The summed E-state index contributed by atoms with van der Waals surface area (Å²) in [5.74, 6) is -7.90. The lowest BCUT2D eigenvalue weighted by Gasteiger charge is -2.43. The van der Waals surface area contributed by atoms with Crippen LogP contribution in [0.1, 0.15) is 126 Å². The monoisotopic (exact) mass is 1080 g/mol. The molecule has 0 aromatic carbocycles. The van der Waals surface area contributed by atoms with E-state index in [0.29, 0.717) is 57.3 Å². The molecule has 2 unspecified atom stereocenters. The van der Waals surface area contributed by atoms with E-state index in [4.69, 9.17) is 33.2 Å². The molecule has 17 heteroatoms. The molecule has 2 N–H and O–H groups in total. The Labute approximate surface area is 460 Å². The molecule has 15 atom stereocenters. The summed E-state index contributed by atoms with van der Waals surface area (Å²) in [6.45, 7) is 19.1. The molecule has 4 aliphatic heterocycles. The molecule has 17 nitrogen and oxygen atoms in total. The molecule has 3 saturated heterocycles. The van der Waals surface area contributed by atoms with E-state index in [1.54, 1.807) is 41.1 Å². The molecule has 1 aliphatic carbocycles. The van der Waals surface area contributed by atoms with E-state index in [-0.39, 0.29) is 73.9 Å². The molecule has 2 bridgehead atoms. The van der Waals surface area contributed by atoms with Crippen LogP contribution in [0.5, 0.6) is 0 Å². The van der Waals surface area contributed by atoms with Crippen molar-refractivity contribution in [2.24, 2.45) is 35.5 Å². The highest BCUT2D eigenvalue weighted by Crippen LogP contribution is 2.38. The van der Waals surface area contributed by atoms with Gasteiger partial charge in [0.15, 0.2) is 5.78 Å². The third-order valence-corrected chi connectivity index (χ3v) is 17.1. The summed E-state index contributed by atoms with van der Waals surface area (Å²) < 4.78 is 42.3. The summed E-state index contributed by atoms with van der Waals surface area (Å²) in [5, 5.41) is 23.7. The summed E-state index contributed by atoms with van der Waals surface area (Å²) >= 11 is 0. The smallest absolute Gasteiger partial charge is 0.329 e. The van der Waals surface area contributed by atoms with Gasteiger partial charge in [-0.2, -0.15) is 0 Å². The van der Waals surface area contributed by atoms with Gasteiger partial charge in [0, 0.05) is 91.2 Å². The Bertz CT molecular complexity index is 2040. The van der Waals surface area contributed by atoms with Crippen molar-refractivity contribution >= 4 is 29.2 Å². The van der Waals surface area contributed by atoms with Crippen molar-refractivity contribution in [3.63, 3.8) is 0 Å². The average molecular weight is 1080 g/mol. The van der Waals surface area contributed by atoms with Crippen LogP contribution in [0.25, 0.3) is 0 Å². The maximum absolute atomic E-state index is 14.7. The fourth-order valence-corrected chi connectivity index (χ4v) is 11.9. The van der Waals surface area contributed by atoms with Crippen molar-refractivity contribution in [3.8, 4) is 0 Å². The Morgan fingerprint density at radius 3 is 2.23 bits per heavy atom. The van der Waals surface area contributed by atoms with E-state index >= 15 is 0 Å². The van der Waals surface area contributed by atoms with Crippen LogP contribution in [0, 0.1) is 35.5 Å². The van der Waals surface area contributed by atoms with Crippen LogP contribution < -0.4 is 0 Å². The first-order valence-electron chi connectivity index (χ1n) is 28.8. The first kappa shape index (κ1) is 64.3. The molecule has 4 heterocycles. The van der Waals surface area contributed by atoms with Crippen LogP contribution >= 0.6 is 0 Å². The number of hydrogen-bond acceptors (Lipinski definition) is 16. The van der Waals surface area contributed by atoms with Gasteiger partial charge in [0.1, 0.15) is 30.1 Å². The minimum Gasteiger partial charge on any atom is -0.460 e. The van der Waals surface area contributed by atoms with Gasteiger partial charge in [0.25, 0.3) is 11.7 Å². The molecule has 5 aliphatic rings. The topological polar surface area (TPSA) is 200 Å². The number of cyclic esters (lactones) is 1. The molecule has 1 amide bonds. The number of nitrogens with zero attached hydrogens (tertiary/aromatic N) is 3. The molecule has 0 spiro atoms. The van der Waals surface area contributed by atoms with E-state index in [1.807, 2.05) is 58.1 Å². The molecule has 0 aromatic rings. The van der Waals surface area contributed by atoms with Crippen LogP contribution in [0.2, 0.25) is 0 Å². The standard InChI is InChI=1S/C60H97N3O14/c1-39-17-13-12-14-18-40(2)51(75-32-31-71-9)37-47-22-20-45(7)60(70,77-47)57(67)58(68)63-24-16-15-19-48(63)59(69)76-52(38-49(64)41(3)34-44(6)55(66)56(73-11)54(65)43(5)33-39)42(4)35-46-21-23-50(53(36-46)72-10)74-30-29-62-27-25-61(8)26-28-62/h12-14,17-18,34,39,41-43,45-48,50-53,55-56,66,70H,15-16,19-33,35-38H2,1-11H3/b14-12?,17-13+,40-18?,44-34+/t39-,41-,42-,43-,45-,46+,47+,48?,50-,51?,52+,53-,55-,56+,60-/m1/s1. The van der Waals surface area contributed by atoms with Crippen molar-refractivity contribution < 1.29 is 67.3 Å². The van der Waals surface area contributed by atoms with Crippen molar-refractivity contribution in [2.45, 2.75) is 180 Å². The number of Topliss-reactive ketones (excluding diaryl/α,β-unsaturated/α-hetero) is 3. The zero-order valence-electron chi connectivity index (χ0n) is 48.5. The van der Waals surface area contributed by atoms with E-state index in [2.05, 4.69) is 16.8 Å². The Morgan fingerprint density at radius 2 is 1.53 bits per heavy atom. The summed E-state index contributed by atoms with van der Waals surface area (Å²) in [7, 11) is 6.83. The third-order valence-electron chi connectivity index (χ3n) is 17.1. The predicted octanol–water partition coefficient (Wildman–Crippen LogP) is 6.47. The zero-order valence-corrected chi connectivity index (χ0v) is 48.5. The second-order valence-corrected chi connectivity index (χ2v) is 23.2. The van der Waals surface area contributed by atoms with Gasteiger partial charge < -0.3 is 53.2 Å². The number of carbonyl (C=O) groups excluding carboxylic acids is 5. The predicted molar refractivity (Wildman–Crippen MR) is 294 cm³/mol. The average Bonchev–Trinajstić information content (AvgIpc) is 3.42. The van der Waals surface area contributed by atoms with Crippen molar-refractivity contribution in [1.29, 1.82) is 0 Å². The molecular weight excluding hydrogens is 987 g/mol. The number of aliphatic hydroxyl groups is 2. The molecule has 5 rings (SSSR count). The minimum atomic E-state index is -2.46. The van der Waals surface area contributed by atoms with Gasteiger partial charge in [-0.25, -0.2) is 4.79 Å². The van der Waals surface area contributed by atoms with E-state index in [9.17, 15) is 34.2 Å². The quantitative estimate of drug-likeness (QED) is 0.0880. The first-order chi connectivity index (χ1) is 36.7. The number of aliphatic hydroxyl groups excluding tert-OH is 1. The number of piperidine rings is 1. The second-order valence-electron chi connectivity index (χ2n) is 23.2. The third kappa shape index (κ3) is 18.5. The second kappa shape index (κ2) is 31.5. The lowest BCUT2D eigenvalue weighted by atomic mass is 9.78.